The molecule has 0 spiro atoms. The molecule has 1 amide bonds. The zero-order chi connectivity index (χ0) is 14.1. The number of thiazole rings is 1. The third kappa shape index (κ3) is 2.25. The number of nitrogens with one attached hydrogen (secondary N) is 1. The molecular weight excluding hydrogens is 270 g/mol. The molecule has 0 aliphatic rings. The normalized spacial score (nSPS) is 11.1. The molecule has 1 N–H and O–H groups in total. The van der Waals surface area contributed by atoms with Crippen molar-refractivity contribution < 1.29 is 4.79 Å². The number of anilines is 1. The Labute approximate surface area is 120 Å². The van der Waals surface area contributed by atoms with Crippen molar-refractivity contribution in [1.29, 1.82) is 0 Å². The molecule has 0 aliphatic carbocycles. The summed E-state index contributed by atoms with van der Waals surface area (Å²) < 4.78 is 1.10. The molecule has 0 unspecified atom stereocenters. The number of hydrogen-bond acceptors (Lipinski definition) is 4. The summed E-state index contributed by atoms with van der Waals surface area (Å²) in [5.74, 6) is 0.434. The van der Waals surface area contributed by atoms with Gasteiger partial charge in [-0.05, 0) is 18.9 Å². The molecular formula is C15H15N3OS. The van der Waals surface area contributed by atoms with Gasteiger partial charge in [0.25, 0.3) is 0 Å². The minimum atomic E-state index is -0.126. The Balaban J connectivity index is 2.31. The molecule has 3 rings (SSSR count). The summed E-state index contributed by atoms with van der Waals surface area (Å²) in [4.78, 5) is 20.5. The van der Waals surface area contributed by atoms with E-state index >= 15 is 0 Å². The van der Waals surface area contributed by atoms with Crippen LogP contribution in [0.1, 0.15) is 25.3 Å². The fraction of sp³-hybridized carbons (Fsp3) is 0.267. The van der Waals surface area contributed by atoms with Gasteiger partial charge in [0.05, 0.1) is 15.2 Å². The lowest BCUT2D eigenvalue weighted by atomic mass is 10.2. The summed E-state index contributed by atoms with van der Waals surface area (Å²) in [5.41, 5.74) is 1.68. The largest absolute Gasteiger partial charge is 0.309 e. The first kappa shape index (κ1) is 13.0. The van der Waals surface area contributed by atoms with Crippen LogP contribution in [-0.4, -0.2) is 15.9 Å². The maximum atomic E-state index is 11.3. The van der Waals surface area contributed by atoms with E-state index in [1.54, 1.807) is 11.3 Å². The van der Waals surface area contributed by atoms with Crippen molar-refractivity contribution in [3.05, 3.63) is 29.3 Å². The van der Waals surface area contributed by atoms with Gasteiger partial charge in [0.15, 0.2) is 5.82 Å². The van der Waals surface area contributed by atoms with Crippen LogP contribution >= 0.6 is 11.3 Å². The number of hydrogen-bond donors (Lipinski definition) is 1. The SMILES string of the molecule is CCCc1nc2c(NC(C)=O)nc3ccccc3c2s1. The van der Waals surface area contributed by atoms with E-state index in [1.165, 1.54) is 6.92 Å². The van der Waals surface area contributed by atoms with Crippen molar-refractivity contribution in [2.45, 2.75) is 26.7 Å². The van der Waals surface area contributed by atoms with E-state index in [4.69, 9.17) is 0 Å². The number of pyridine rings is 1. The van der Waals surface area contributed by atoms with E-state index in [1.807, 2.05) is 18.2 Å². The number of benzene rings is 1. The maximum Gasteiger partial charge on any atom is 0.222 e. The van der Waals surface area contributed by atoms with Crippen LogP contribution < -0.4 is 5.32 Å². The number of rotatable bonds is 3. The van der Waals surface area contributed by atoms with Gasteiger partial charge in [-0.25, -0.2) is 9.97 Å². The highest BCUT2D eigenvalue weighted by Crippen LogP contribution is 2.33. The summed E-state index contributed by atoms with van der Waals surface area (Å²) in [6.45, 7) is 3.62. The van der Waals surface area contributed by atoms with Gasteiger partial charge in [-0.1, -0.05) is 25.1 Å². The average Bonchev–Trinajstić information content (AvgIpc) is 2.83. The van der Waals surface area contributed by atoms with Gasteiger partial charge in [0.1, 0.15) is 5.52 Å². The van der Waals surface area contributed by atoms with Crippen LogP contribution in [0.15, 0.2) is 24.3 Å². The van der Waals surface area contributed by atoms with Gasteiger partial charge in [0.2, 0.25) is 5.91 Å². The molecule has 0 bridgehead atoms. The summed E-state index contributed by atoms with van der Waals surface area (Å²) in [6, 6.07) is 7.96. The number of aromatic nitrogens is 2. The molecule has 0 fully saturated rings. The van der Waals surface area contributed by atoms with Crippen LogP contribution in [0, 0.1) is 0 Å². The van der Waals surface area contributed by atoms with Crippen LogP contribution in [0.3, 0.4) is 0 Å². The molecule has 2 aromatic heterocycles. The molecule has 102 valence electrons. The van der Waals surface area contributed by atoms with Gasteiger partial charge in [-0.15, -0.1) is 11.3 Å². The second-order valence-corrected chi connectivity index (χ2v) is 5.78. The van der Waals surface area contributed by atoms with E-state index in [-0.39, 0.29) is 5.91 Å². The number of aryl methyl sites for hydroxylation is 1. The Hall–Kier alpha value is -2.01. The molecule has 1 aromatic carbocycles. The predicted molar refractivity (Wildman–Crippen MR) is 83.2 cm³/mol. The number of fused-ring (bicyclic) bond motifs is 3. The zero-order valence-electron chi connectivity index (χ0n) is 11.4. The van der Waals surface area contributed by atoms with Crippen LogP contribution in [0.5, 0.6) is 0 Å². The van der Waals surface area contributed by atoms with Crippen molar-refractivity contribution in [2.75, 3.05) is 5.32 Å². The Kier molecular flexibility index (Phi) is 3.36. The minimum Gasteiger partial charge on any atom is -0.309 e. The summed E-state index contributed by atoms with van der Waals surface area (Å²) in [7, 11) is 0. The van der Waals surface area contributed by atoms with Crippen LogP contribution in [0.4, 0.5) is 5.82 Å². The van der Waals surface area contributed by atoms with E-state index in [0.717, 1.165) is 39.0 Å². The Morgan fingerprint density at radius 1 is 1.30 bits per heavy atom. The molecule has 0 radical (unpaired) electrons. The lowest BCUT2D eigenvalue weighted by Gasteiger charge is -2.04. The maximum absolute atomic E-state index is 11.3. The second kappa shape index (κ2) is 5.17. The lowest BCUT2D eigenvalue weighted by Crippen LogP contribution is -2.08. The average molecular weight is 285 g/mol. The van der Waals surface area contributed by atoms with E-state index in [9.17, 15) is 4.79 Å². The number of carbonyl (C=O) groups is 1. The molecule has 0 atom stereocenters. The van der Waals surface area contributed by atoms with E-state index in [2.05, 4.69) is 28.3 Å². The van der Waals surface area contributed by atoms with Crippen molar-refractivity contribution in [1.82, 2.24) is 9.97 Å². The fourth-order valence-corrected chi connectivity index (χ4v) is 3.42. The standard InChI is InChI=1S/C15H15N3OS/c1-3-6-12-18-13-14(20-12)10-7-4-5-8-11(10)17-15(13)16-9(2)19/h4-5,7-8H,3,6H2,1-2H3,(H,16,17,19). The topological polar surface area (TPSA) is 54.9 Å². The highest BCUT2D eigenvalue weighted by Gasteiger charge is 2.14. The molecule has 0 saturated heterocycles. The summed E-state index contributed by atoms with van der Waals surface area (Å²) >= 11 is 1.69. The molecule has 0 aliphatic heterocycles. The van der Waals surface area contributed by atoms with Crippen LogP contribution in [-0.2, 0) is 11.2 Å². The monoisotopic (exact) mass is 285 g/mol. The van der Waals surface area contributed by atoms with Crippen molar-refractivity contribution in [3.63, 3.8) is 0 Å². The van der Waals surface area contributed by atoms with Gasteiger partial charge in [0, 0.05) is 12.3 Å². The predicted octanol–water partition coefficient (Wildman–Crippen LogP) is 3.76. The van der Waals surface area contributed by atoms with E-state index < -0.39 is 0 Å². The molecule has 0 saturated carbocycles. The molecule has 2 heterocycles. The Bertz CT molecular complexity index is 794. The number of carbonyl (C=O) groups excluding carboxylic acids is 1. The molecule has 4 nitrogen and oxygen atoms in total. The van der Waals surface area contributed by atoms with Gasteiger partial charge < -0.3 is 5.32 Å². The highest BCUT2D eigenvalue weighted by molar-refractivity contribution is 7.19. The molecule has 20 heavy (non-hydrogen) atoms. The smallest absolute Gasteiger partial charge is 0.222 e. The quantitative estimate of drug-likeness (QED) is 0.797. The van der Waals surface area contributed by atoms with Gasteiger partial charge in [-0.2, -0.15) is 0 Å². The van der Waals surface area contributed by atoms with Gasteiger partial charge >= 0.3 is 0 Å². The molecule has 3 aromatic rings. The Morgan fingerprint density at radius 3 is 2.85 bits per heavy atom. The van der Waals surface area contributed by atoms with Crippen molar-refractivity contribution in [3.8, 4) is 0 Å². The first-order chi connectivity index (χ1) is 9.69. The van der Waals surface area contributed by atoms with Crippen molar-refractivity contribution in [2.24, 2.45) is 0 Å². The third-order valence-electron chi connectivity index (χ3n) is 3.03. The third-order valence-corrected chi connectivity index (χ3v) is 4.18. The summed E-state index contributed by atoms with van der Waals surface area (Å²) in [5, 5.41) is 4.97. The Morgan fingerprint density at radius 2 is 2.10 bits per heavy atom. The van der Waals surface area contributed by atoms with Gasteiger partial charge in [-0.3, -0.25) is 4.79 Å². The van der Waals surface area contributed by atoms with E-state index in [0.29, 0.717) is 5.82 Å². The first-order valence-electron chi connectivity index (χ1n) is 6.64. The summed E-state index contributed by atoms with van der Waals surface area (Å²) in [6.07, 6.45) is 2.01. The van der Waals surface area contributed by atoms with Crippen LogP contribution in [0.2, 0.25) is 0 Å². The molecule has 5 heteroatoms. The highest BCUT2D eigenvalue weighted by atomic mass is 32.1. The zero-order valence-corrected chi connectivity index (χ0v) is 12.3. The lowest BCUT2D eigenvalue weighted by molar-refractivity contribution is -0.114. The number of nitrogens with zero attached hydrogens (tertiary/aromatic N) is 2. The first-order valence-corrected chi connectivity index (χ1v) is 7.46. The fourth-order valence-electron chi connectivity index (χ4n) is 2.22. The number of amides is 1. The van der Waals surface area contributed by atoms with Crippen molar-refractivity contribution >= 4 is 44.2 Å². The second-order valence-electron chi connectivity index (χ2n) is 4.69. The minimum absolute atomic E-state index is 0.126. The number of para-hydroxylation sites is 1. The van der Waals surface area contributed by atoms with Crippen LogP contribution in [0.25, 0.3) is 21.1 Å².